The number of hydrogen-bond donors (Lipinski definition) is 1. The van der Waals surface area contributed by atoms with Gasteiger partial charge in [0.1, 0.15) is 6.61 Å². The van der Waals surface area contributed by atoms with Crippen LogP contribution < -0.4 is 4.72 Å². The van der Waals surface area contributed by atoms with Crippen molar-refractivity contribution in [1.29, 1.82) is 0 Å². The molecule has 176 valence electrons. The zero-order chi connectivity index (χ0) is 24.4. The largest absolute Gasteiger partial charge is 0.516 e. The standard InChI is InChI=1S/C18H14F8N2O3S/c1-3-11(27-31-7-10-13(19)15(21)17(23)16(22)14(10)20)9-6-8(2)4-5-12(9)28-32(29,30)18(24,25)26/h4-6,28H,3,7H2,1-2H3/b27-11+. The van der Waals surface area contributed by atoms with Crippen LogP contribution in [-0.4, -0.2) is 19.6 Å². The van der Waals surface area contributed by atoms with E-state index in [4.69, 9.17) is 0 Å². The number of halogens is 8. The summed E-state index contributed by atoms with van der Waals surface area (Å²) in [5.41, 5.74) is -7.29. The second-order valence-corrected chi connectivity index (χ2v) is 7.99. The van der Waals surface area contributed by atoms with Gasteiger partial charge in [0.05, 0.1) is 17.0 Å². The molecule has 0 aliphatic rings. The molecular formula is C18H14F8N2O3S. The molecule has 1 N–H and O–H groups in total. The van der Waals surface area contributed by atoms with Crippen molar-refractivity contribution in [3.63, 3.8) is 0 Å². The van der Waals surface area contributed by atoms with Crippen molar-refractivity contribution in [3.05, 3.63) is 64.0 Å². The van der Waals surface area contributed by atoms with Crippen LogP contribution in [0.15, 0.2) is 23.4 Å². The van der Waals surface area contributed by atoms with E-state index in [1.54, 1.807) is 0 Å². The molecule has 14 heteroatoms. The molecule has 0 unspecified atom stereocenters. The first-order valence-corrected chi connectivity index (χ1v) is 10.1. The minimum Gasteiger partial charge on any atom is -0.390 e. The third-order valence-electron chi connectivity index (χ3n) is 4.05. The quantitative estimate of drug-likeness (QED) is 0.189. The van der Waals surface area contributed by atoms with E-state index in [9.17, 15) is 43.5 Å². The summed E-state index contributed by atoms with van der Waals surface area (Å²) in [5, 5.41) is 3.49. The molecule has 0 amide bonds. The van der Waals surface area contributed by atoms with Crippen LogP contribution >= 0.6 is 0 Å². The van der Waals surface area contributed by atoms with Crippen molar-refractivity contribution >= 4 is 21.4 Å². The highest BCUT2D eigenvalue weighted by Gasteiger charge is 2.46. The lowest BCUT2D eigenvalue weighted by atomic mass is 10.0. The van der Waals surface area contributed by atoms with Gasteiger partial charge in [-0.2, -0.15) is 21.6 Å². The molecule has 2 rings (SSSR count). The van der Waals surface area contributed by atoms with Crippen LogP contribution in [-0.2, 0) is 21.5 Å². The molecule has 0 heterocycles. The van der Waals surface area contributed by atoms with Gasteiger partial charge in [0.25, 0.3) is 0 Å². The lowest BCUT2D eigenvalue weighted by molar-refractivity contribution is -0.0429. The molecule has 32 heavy (non-hydrogen) atoms. The van der Waals surface area contributed by atoms with Gasteiger partial charge in [-0.3, -0.25) is 4.72 Å². The molecule has 0 radical (unpaired) electrons. The lowest BCUT2D eigenvalue weighted by Crippen LogP contribution is -2.30. The van der Waals surface area contributed by atoms with Gasteiger partial charge in [0.15, 0.2) is 23.3 Å². The Kier molecular flexibility index (Phi) is 7.37. The fourth-order valence-corrected chi connectivity index (χ4v) is 3.03. The van der Waals surface area contributed by atoms with E-state index in [0.29, 0.717) is 5.56 Å². The van der Waals surface area contributed by atoms with Crippen LogP contribution in [0.2, 0.25) is 0 Å². The number of anilines is 1. The van der Waals surface area contributed by atoms with Crippen LogP contribution in [0.1, 0.15) is 30.0 Å². The topological polar surface area (TPSA) is 67.8 Å². The zero-order valence-electron chi connectivity index (χ0n) is 16.3. The molecule has 0 aliphatic heterocycles. The number of aryl methyl sites for hydroxylation is 1. The molecule has 0 atom stereocenters. The second-order valence-electron chi connectivity index (χ2n) is 6.31. The fourth-order valence-electron chi connectivity index (χ4n) is 2.44. The first-order valence-electron chi connectivity index (χ1n) is 8.60. The summed E-state index contributed by atoms with van der Waals surface area (Å²) < 4.78 is 129. The Labute approximate surface area is 176 Å². The Morgan fingerprint density at radius 1 is 1.00 bits per heavy atom. The zero-order valence-corrected chi connectivity index (χ0v) is 17.1. The maximum Gasteiger partial charge on any atom is 0.516 e. The van der Waals surface area contributed by atoms with Crippen molar-refractivity contribution in [2.24, 2.45) is 5.16 Å². The summed E-state index contributed by atoms with van der Waals surface area (Å²) >= 11 is 0. The van der Waals surface area contributed by atoms with Crippen LogP contribution in [0, 0.1) is 36.0 Å². The molecule has 0 bridgehead atoms. The van der Waals surface area contributed by atoms with Crippen LogP contribution in [0.25, 0.3) is 0 Å². The molecule has 2 aromatic carbocycles. The summed E-state index contributed by atoms with van der Waals surface area (Å²) in [6.07, 6.45) is -0.0682. The second kappa shape index (κ2) is 9.30. The highest BCUT2D eigenvalue weighted by Crippen LogP contribution is 2.29. The first kappa shape index (κ1) is 25.4. The third-order valence-corrected chi connectivity index (χ3v) is 5.15. The van der Waals surface area contributed by atoms with Gasteiger partial charge in [0.2, 0.25) is 5.82 Å². The number of hydrogen-bond acceptors (Lipinski definition) is 4. The minimum absolute atomic E-state index is 0.0682. The van der Waals surface area contributed by atoms with Crippen molar-refractivity contribution in [2.75, 3.05) is 4.72 Å². The molecule has 0 aliphatic carbocycles. The van der Waals surface area contributed by atoms with Crippen molar-refractivity contribution in [1.82, 2.24) is 0 Å². The molecule has 0 fully saturated rings. The molecular weight excluding hydrogens is 476 g/mol. The Balaban J connectivity index is 2.41. The van der Waals surface area contributed by atoms with E-state index < -0.39 is 62.5 Å². The van der Waals surface area contributed by atoms with Crippen molar-refractivity contribution in [2.45, 2.75) is 32.4 Å². The number of benzene rings is 2. The van der Waals surface area contributed by atoms with Gasteiger partial charge in [-0.1, -0.05) is 23.7 Å². The average molecular weight is 490 g/mol. The number of nitrogens with one attached hydrogen (secondary N) is 1. The monoisotopic (exact) mass is 490 g/mol. The first-order chi connectivity index (χ1) is 14.7. The molecule has 0 spiro atoms. The van der Waals surface area contributed by atoms with Gasteiger partial charge >= 0.3 is 15.5 Å². The predicted octanol–water partition coefficient (Wildman–Crippen LogP) is 5.28. The number of sulfonamides is 1. The number of alkyl halides is 3. The summed E-state index contributed by atoms with van der Waals surface area (Å²) in [6.45, 7) is 1.78. The highest BCUT2D eigenvalue weighted by atomic mass is 32.2. The van der Waals surface area contributed by atoms with Crippen molar-refractivity contribution < 1.29 is 48.4 Å². The fraction of sp³-hybridized carbons (Fsp3) is 0.278. The summed E-state index contributed by atoms with van der Waals surface area (Å²) in [7, 11) is -5.78. The molecule has 5 nitrogen and oxygen atoms in total. The van der Waals surface area contributed by atoms with Gasteiger partial charge < -0.3 is 4.84 Å². The Morgan fingerprint density at radius 3 is 2.03 bits per heavy atom. The summed E-state index contributed by atoms with van der Waals surface area (Å²) in [6, 6.07) is 3.60. The number of rotatable bonds is 7. The van der Waals surface area contributed by atoms with E-state index in [1.165, 1.54) is 30.7 Å². The molecule has 0 aromatic heterocycles. The van der Waals surface area contributed by atoms with E-state index in [2.05, 4.69) is 9.99 Å². The normalized spacial score (nSPS) is 12.8. The SMILES string of the molecule is CC/C(=N\OCc1c(F)c(F)c(F)c(F)c1F)c1cc(C)ccc1NS(=O)(=O)C(F)(F)F. The maximum atomic E-state index is 13.7. The van der Waals surface area contributed by atoms with Crippen LogP contribution in [0.5, 0.6) is 0 Å². The van der Waals surface area contributed by atoms with Gasteiger partial charge in [0, 0.05) is 5.56 Å². The smallest absolute Gasteiger partial charge is 0.390 e. The summed E-state index contributed by atoms with van der Waals surface area (Å²) in [5.74, 6) is -11.0. The lowest BCUT2D eigenvalue weighted by Gasteiger charge is -2.15. The predicted molar refractivity (Wildman–Crippen MR) is 97.6 cm³/mol. The highest BCUT2D eigenvalue weighted by molar-refractivity contribution is 7.93. The van der Waals surface area contributed by atoms with Gasteiger partial charge in [-0.25, -0.2) is 22.0 Å². The Bertz CT molecular complexity index is 1130. The number of oxime groups is 1. The van der Waals surface area contributed by atoms with E-state index >= 15 is 0 Å². The van der Waals surface area contributed by atoms with E-state index in [1.807, 2.05) is 0 Å². The molecule has 0 saturated heterocycles. The van der Waals surface area contributed by atoms with E-state index in [-0.39, 0.29) is 17.7 Å². The number of nitrogens with zero attached hydrogens (tertiary/aromatic N) is 1. The van der Waals surface area contributed by atoms with Crippen LogP contribution in [0.3, 0.4) is 0 Å². The maximum absolute atomic E-state index is 13.7. The minimum atomic E-state index is -5.78. The van der Waals surface area contributed by atoms with Gasteiger partial charge in [-0.05, 0) is 25.5 Å². The summed E-state index contributed by atoms with van der Waals surface area (Å²) in [4.78, 5) is 4.68. The van der Waals surface area contributed by atoms with Crippen molar-refractivity contribution in [3.8, 4) is 0 Å². The third kappa shape index (κ3) is 5.11. The Morgan fingerprint density at radius 2 is 1.53 bits per heavy atom. The Hall–Kier alpha value is -2.90. The van der Waals surface area contributed by atoms with E-state index in [0.717, 1.165) is 6.07 Å². The molecule has 2 aromatic rings. The average Bonchev–Trinajstić information content (AvgIpc) is 2.71. The molecule has 0 saturated carbocycles. The van der Waals surface area contributed by atoms with Crippen LogP contribution in [0.4, 0.5) is 40.8 Å². The van der Waals surface area contributed by atoms with Gasteiger partial charge in [-0.15, -0.1) is 0 Å².